The Bertz CT molecular complexity index is 512. The van der Waals surface area contributed by atoms with E-state index in [0.29, 0.717) is 10.8 Å². The topological polar surface area (TPSA) is 51.2 Å². The van der Waals surface area contributed by atoms with E-state index >= 15 is 0 Å². The van der Waals surface area contributed by atoms with Crippen LogP contribution in [0.2, 0.25) is 5.02 Å². The van der Waals surface area contributed by atoms with Crippen molar-refractivity contribution in [3.05, 3.63) is 22.5 Å². The zero-order valence-electron chi connectivity index (χ0n) is 7.78. The van der Waals surface area contributed by atoms with Crippen LogP contribution >= 0.6 is 23.1 Å². The molecule has 0 saturated heterocycles. The number of amides is 1. The van der Waals surface area contributed by atoms with Gasteiger partial charge in [0.25, 0.3) is 0 Å². The third-order valence-electron chi connectivity index (χ3n) is 1.85. The number of fused-ring (bicyclic) bond motifs is 1. The molecule has 1 amide bonds. The van der Waals surface area contributed by atoms with Crippen LogP contribution in [0.3, 0.4) is 0 Å². The van der Waals surface area contributed by atoms with E-state index in [1.807, 2.05) is 5.38 Å². The summed E-state index contributed by atoms with van der Waals surface area (Å²) in [6.07, 6.45) is -0.542. The molecule has 2 rings (SSSR count). The van der Waals surface area contributed by atoms with Gasteiger partial charge in [-0.15, -0.1) is 0 Å². The van der Waals surface area contributed by atoms with Crippen molar-refractivity contribution < 1.29 is 9.53 Å². The Morgan fingerprint density at radius 1 is 1.60 bits per heavy atom. The number of rotatable bonds is 1. The summed E-state index contributed by atoms with van der Waals surface area (Å²) < 4.78 is 9.09. The molecule has 15 heavy (non-hydrogen) atoms. The second-order valence-electron chi connectivity index (χ2n) is 2.76. The first kappa shape index (κ1) is 10.2. The molecule has 1 N–H and O–H groups in total. The Balaban J connectivity index is 2.43. The number of hydrogen-bond donors (Lipinski definition) is 1. The highest BCUT2D eigenvalue weighted by molar-refractivity contribution is 7.04. The zero-order chi connectivity index (χ0) is 10.8. The first-order valence-corrected chi connectivity index (χ1v) is 5.36. The first-order chi connectivity index (χ1) is 7.22. The van der Waals surface area contributed by atoms with Crippen LogP contribution in [0.15, 0.2) is 17.5 Å². The average molecular weight is 243 g/mol. The number of carbonyl (C=O) groups is 1. The van der Waals surface area contributed by atoms with E-state index in [0.717, 1.165) is 10.9 Å². The van der Waals surface area contributed by atoms with Gasteiger partial charge in [0.15, 0.2) is 5.75 Å². The number of ether oxygens (including phenoxy) is 1. The molecular weight excluding hydrogens is 236 g/mol. The summed E-state index contributed by atoms with van der Waals surface area (Å²) in [7, 11) is 1.49. The third kappa shape index (κ3) is 1.88. The number of nitrogens with zero attached hydrogens (tertiary/aromatic N) is 1. The van der Waals surface area contributed by atoms with Crippen LogP contribution in [0.5, 0.6) is 5.75 Å². The lowest BCUT2D eigenvalue weighted by atomic mass is 10.2. The van der Waals surface area contributed by atoms with E-state index in [4.69, 9.17) is 16.3 Å². The Morgan fingerprint density at radius 3 is 3.13 bits per heavy atom. The fraction of sp³-hybridized carbons (Fsp3) is 0.111. The smallest absolute Gasteiger partial charge is 0.409 e. The first-order valence-electron chi connectivity index (χ1n) is 4.14. The molecule has 6 heteroatoms. The zero-order valence-corrected chi connectivity index (χ0v) is 9.35. The number of hydrogen-bond acceptors (Lipinski definition) is 4. The number of benzene rings is 1. The van der Waals surface area contributed by atoms with Crippen LogP contribution in [0.1, 0.15) is 0 Å². The standard InChI is InChI=1S/C9H7ClN2O2S/c1-11-9(13)14-7-3-2-6-5(8(7)10)4-15-12-6/h2-4H,1H3,(H,11,13). The van der Waals surface area contributed by atoms with Crippen LogP contribution in [0, 0.1) is 0 Å². The van der Waals surface area contributed by atoms with Gasteiger partial charge in [-0.3, -0.25) is 0 Å². The lowest BCUT2D eigenvalue weighted by molar-refractivity contribution is 0.203. The molecule has 0 fully saturated rings. The second-order valence-corrected chi connectivity index (χ2v) is 3.77. The molecule has 0 unspecified atom stereocenters. The largest absolute Gasteiger partial charge is 0.412 e. The summed E-state index contributed by atoms with van der Waals surface area (Å²) in [6.45, 7) is 0. The van der Waals surface area contributed by atoms with Gasteiger partial charge in [0.2, 0.25) is 0 Å². The minimum absolute atomic E-state index is 0.337. The average Bonchev–Trinajstić information content (AvgIpc) is 2.70. The predicted octanol–water partition coefficient (Wildman–Crippen LogP) is 2.67. The van der Waals surface area contributed by atoms with Gasteiger partial charge in [0.05, 0.1) is 10.5 Å². The Morgan fingerprint density at radius 2 is 2.40 bits per heavy atom. The quantitative estimate of drug-likeness (QED) is 0.837. The van der Waals surface area contributed by atoms with Crippen LogP contribution in [0.25, 0.3) is 10.9 Å². The molecule has 0 radical (unpaired) electrons. The van der Waals surface area contributed by atoms with Gasteiger partial charge in [-0.2, -0.15) is 4.37 Å². The third-order valence-corrected chi connectivity index (χ3v) is 2.88. The van der Waals surface area contributed by atoms with E-state index in [1.54, 1.807) is 12.1 Å². The van der Waals surface area contributed by atoms with Crippen molar-refractivity contribution >= 4 is 40.1 Å². The number of nitrogens with one attached hydrogen (secondary N) is 1. The van der Waals surface area contributed by atoms with Gasteiger partial charge < -0.3 is 10.1 Å². The molecule has 0 spiro atoms. The summed E-state index contributed by atoms with van der Waals surface area (Å²) >= 11 is 7.36. The van der Waals surface area contributed by atoms with Gasteiger partial charge in [-0.1, -0.05) is 11.6 Å². The number of aromatic nitrogens is 1. The van der Waals surface area contributed by atoms with Crippen LogP contribution in [0.4, 0.5) is 4.79 Å². The minimum atomic E-state index is -0.542. The van der Waals surface area contributed by atoms with E-state index in [-0.39, 0.29) is 0 Å². The normalized spacial score (nSPS) is 10.3. The molecule has 0 bridgehead atoms. The highest BCUT2D eigenvalue weighted by atomic mass is 35.5. The Kier molecular flexibility index (Phi) is 2.75. The summed E-state index contributed by atoms with van der Waals surface area (Å²) in [5.74, 6) is 0.337. The molecule has 0 aliphatic heterocycles. The van der Waals surface area contributed by atoms with E-state index in [1.165, 1.54) is 18.6 Å². The van der Waals surface area contributed by atoms with Crippen molar-refractivity contribution in [1.82, 2.24) is 9.69 Å². The molecule has 0 saturated carbocycles. The van der Waals surface area contributed by atoms with Crippen LogP contribution in [-0.4, -0.2) is 17.5 Å². The summed E-state index contributed by atoms with van der Waals surface area (Å²) in [4.78, 5) is 11.0. The van der Waals surface area contributed by atoms with E-state index in [9.17, 15) is 4.79 Å². The van der Waals surface area contributed by atoms with Crippen molar-refractivity contribution in [2.24, 2.45) is 0 Å². The predicted molar refractivity (Wildman–Crippen MR) is 59.7 cm³/mol. The van der Waals surface area contributed by atoms with Gasteiger partial charge in [0.1, 0.15) is 0 Å². The molecule has 1 heterocycles. The maximum Gasteiger partial charge on any atom is 0.412 e. The highest BCUT2D eigenvalue weighted by Crippen LogP contribution is 2.33. The molecule has 0 atom stereocenters. The van der Waals surface area contributed by atoms with Crippen LogP contribution < -0.4 is 10.1 Å². The van der Waals surface area contributed by atoms with Gasteiger partial charge in [-0.25, -0.2) is 4.79 Å². The molecule has 0 aliphatic rings. The fourth-order valence-electron chi connectivity index (χ4n) is 1.12. The summed E-state index contributed by atoms with van der Waals surface area (Å²) in [5.41, 5.74) is 0.800. The van der Waals surface area contributed by atoms with Gasteiger partial charge >= 0.3 is 6.09 Å². The fourth-order valence-corrected chi connectivity index (χ4v) is 2.11. The van der Waals surface area contributed by atoms with Gasteiger partial charge in [0, 0.05) is 17.8 Å². The molecule has 1 aromatic carbocycles. The van der Waals surface area contributed by atoms with Crippen LogP contribution in [-0.2, 0) is 0 Å². The monoisotopic (exact) mass is 242 g/mol. The second kappa shape index (κ2) is 4.04. The van der Waals surface area contributed by atoms with E-state index < -0.39 is 6.09 Å². The Labute approximate surface area is 95.0 Å². The molecule has 4 nitrogen and oxygen atoms in total. The summed E-state index contributed by atoms with van der Waals surface area (Å²) in [6, 6.07) is 3.38. The van der Waals surface area contributed by atoms with Crippen molar-refractivity contribution in [3.8, 4) is 5.75 Å². The van der Waals surface area contributed by atoms with Gasteiger partial charge in [-0.05, 0) is 23.7 Å². The van der Waals surface area contributed by atoms with E-state index in [2.05, 4.69) is 9.69 Å². The highest BCUT2D eigenvalue weighted by Gasteiger charge is 2.10. The molecule has 1 aromatic heterocycles. The van der Waals surface area contributed by atoms with Crippen molar-refractivity contribution in [2.75, 3.05) is 7.05 Å². The SMILES string of the molecule is CNC(=O)Oc1ccc2nscc2c1Cl. The van der Waals surface area contributed by atoms with Crippen molar-refractivity contribution in [2.45, 2.75) is 0 Å². The molecule has 2 aromatic rings. The number of carbonyl (C=O) groups excluding carboxylic acids is 1. The molecular formula is C9H7ClN2O2S. The Hall–Kier alpha value is -1.33. The lowest BCUT2D eigenvalue weighted by Crippen LogP contribution is -2.22. The maximum atomic E-state index is 11.0. The minimum Gasteiger partial charge on any atom is -0.409 e. The lowest BCUT2D eigenvalue weighted by Gasteiger charge is -2.05. The van der Waals surface area contributed by atoms with Crippen molar-refractivity contribution in [3.63, 3.8) is 0 Å². The number of halogens is 1. The maximum absolute atomic E-state index is 11.0. The van der Waals surface area contributed by atoms with Crippen molar-refractivity contribution in [1.29, 1.82) is 0 Å². The molecule has 0 aliphatic carbocycles. The summed E-state index contributed by atoms with van der Waals surface area (Å²) in [5, 5.41) is 5.37. The molecule has 78 valence electrons.